The van der Waals surface area contributed by atoms with Crippen molar-refractivity contribution in [3.05, 3.63) is 12.2 Å². The quantitative estimate of drug-likeness (QED) is 0.358. The maximum Gasteiger partial charge on any atom is 0.310 e. The van der Waals surface area contributed by atoms with Crippen LogP contribution in [0.3, 0.4) is 0 Å². The van der Waals surface area contributed by atoms with Crippen LogP contribution in [-0.2, 0) is 14.3 Å². The molecule has 0 N–H and O–H groups in total. The summed E-state index contributed by atoms with van der Waals surface area (Å²) in [6.45, 7) is 0. The highest BCUT2D eigenvalue weighted by atomic mass is 16.5. The van der Waals surface area contributed by atoms with Gasteiger partial charge in [-0.05, 0) is 18.3 Å². The van der Waals surface area contributed by atoms with Crippen LogP contribution in [0.15, 0.2) is 12.2 Å². The van der Waals surface area contributed by atoms with E-state index in [2.05, 4.69) is 4.74 Å². The third-order valence-corrected chi connectivity index (χ3v) is 3.15. The topological polar surface area (TPSA) is 43.4 Å². The van der Waals surface area contributed by atoms with E-state index in [-0.39, 0.29) is 29.6 Å². The first kappa shape index (κ1) is 8.48. The summed E-state index contributed by atoms with van der Waals surface area (Å²) in [6, 6.07) is 0. The SMILES string of the molecule is COC(=O)C1C2C=CC(C2)C1C=O. The van der Waals surface area contributed by atoms with Crippen molar-refractivity contribution in [1.82, 2.24) is 0 Å². The lowest BCUT2D eigenvalue weighted by atomic mass is 9.84. The highest BCUT2D eigenvalue weighted by molar-refractivity contribution is 5.79. The summed E-state index contributed by atoms with van der Waals surface area (Å²) in [4.78, 5) is 22.1. The van der Waals surface area contributed by atoms with Gasteiger partial charge in [0.2, 0.25) is 0 Å². The Morgan fingerprint density at radius 3 is 2.77 bits per heavy atom. The number of esters is 1. The van der Waals surface area contributed by atoms with Crippen molar-refractivity contribution < 1.29 is 14.3 Å². The summed E-state index contributed by atoms with van der Waals surface area (Å²) in [5, 5.41) is 0. The lowest BCUT2D eigenvalue weighted by Crippen LogP contribution is -2.29. The third kappa shape index (κ3) is 1.10. The molecule has 1 fully saturated rings. The maximum atomic E-state index is 11.4. The molecular weight excluding hydrogens is 168 g/mol. The molecule has 3 heteroatoms. The van der Waals surface area contributed by atoms with Crippen LogP contribution in [0.2, 0.25) is 0 Å². The lowest BCUT2D eigenvalue weighted by molar-refractivity contribution is -0.149. The Balaban J connectivity index is 2.23. The molecule has 0 aromatic heterocycles. The fourth-order valence-corrected chi connectivity index (χ4v) is 2.51. The monoisotopic (exact) mass is 180 g/mol. The van der Waals surface area contributed by atoms with Gasteiger partial charge in [0, 0.05) is 5.92 Å². The van der Waals surface area contributed by atoms with Crippen molar-refractivity contribution in [2.75, 3.05) is 7.11 Å². The molecule has 2 aliphatic rings. The molecule has 2 aliphatic carbocycles. The van der Waals surface area contributed by atoms with Crippen LogP contribution in [0, 0.1) is 23.7 Å². The second-order valence-corrected chi connectivity index (χ2v) is 3.71. The molecule has 0 amide bonds. The van der Waals surface area contributed by atoms with E-state index in [1.165, 1.54) is 7.11 Å². The van der Waals surface area contributed by atoms with E-state index >= 15 is 0 Å². The minimum atomic E-state index is -0.242. The first-order valence-electron chi connectivity index (χ1n) is 4.49. The number of fused-ring (bicyclic) bond motifs is 2. The van der Waals surface area contributed by atoms with Crippen LogP contribution in [-0.4, -0.2) is 19.4 Å². The molecule has 1 saturated carbocycles. The van der Waals surface area contributed by atoms with Gasteiger partial charge in [-0.3, -0.25) is 4.79 Å². The van der Waals surface area contributed by atoms with Gasteiger partial charge in [-0.25, -0.2) is 0 Å². The van der Waals surface area contributed by atoms with E-state index in [9.17, 15) is 9.59 Å². The van der Waals surface area contributed by atoms with Crippen molar-refractivity contribution in [2.24, 2.45) is 23.7 Å². The molecule has 4 unspecified atom stereocenters. The van der Waals surface area contributed by atoms with Crippen molar-refractivity contribution in [2.45, 2.75) is 6.42 Å². The molecule has 70 valence electrons. The molecule has 0 spiro atoms. The number of aldehydes is 1. The molecule has 0 radical (unpaired) electrons. The summed E-state index contributed by atoms with van der Waals surface area (Å²) in [5.74, 6) is -0.117. The van der Waals surface area contributed by atoms with E-state index in [1.54, 1.807) is 0 Å². The Morgan fingerprint density at radius 1 is 1.46 bits per heavy atom. The van der Waals surface area contributed by atoms with Gasteiger partial charge in [0.05, 0.1) is 13.0 Å². The molecule has 4 atom stereocenters. The lowest BCUT2D eigenvalue weighted by Gasteiger charge is -2.20. The average Bonchev–Trinajstić information content (AvgIpc) is 2.74. The number of carbonyl (C=O) groups is 2. The predicted molar refractivity (Wildman–Crippen MR) is 45.8 cm³/mol. The van der Waals surface area contributed by atoms with Crippen LogP contribution >= 0.6 is 0 Å². The number of rotatable bonds is 2. The van der Waals surface area contributed by atoms with E-state index in [0.717, 1.165) is 12.7 Å². The first-order valence-corrected chi connectivity index (χ1v) is 4.49. The van der Waals surface area contributed by atoms with Crippen LogP contribution in [0.1, 0.15) is 6.42 Å². The Labute approximate surface area is 76.8 Å². The highest BCUT2D eigenvalue weighted by Crippen LogP contribution is 2.47. The molecule has 0 aromatic rings. The van der Waals surface area contributed by atoms with Gasteiger partial charge in [0.25, 0.3) is 0 Å². The van der Waals surface area contributed by atoms with Crippen molar-refractivity contribution in [3.8, 4) is 0 Å². The Kier molecular flexibility index (Phi) is 1.94. The van der Waals surface area contributed by atoms with E-state index in [0.29, 0.717) is 0 Å². The fourth-order valence-electron chi connectivity index (χ4n) is 2.51. The summed E-state index contributed by atoms with van der Waals surface area (Å²) in [5.41, 5.74) is 0. The summed E-state index contributed by atoms with van der Waals surface area (Å²) in [7, 11) is 1.37. The molecule has 13 heavy (non-hydrogen) atoms. The van der Waals surface area contributed by atoms with Crippen LogP contribution in [0.4, 0.5) is 0 Å². The zero-order valence-electron chi connectivity index (χ0n) is 7.47. The zero-order chi connectivity index (χ0) is 9.42. The maximum absolute atomic E-state index is 11.4. The number of hydrogen-bond donors (Lipinski definition) is 0. The van der Waals surface area contributed by atoms with Crippen LogP contribution in [0.25, 0.3) is 0 Å². The average molecular weight is 180 g/mol. The minimum Gasteiger partial charge on any atom is -0.469 e. The van der Waals surface area contributed by atoms with Crippen LogP contribution < -0.4 is 0 Å². The van der Waals surface area contributed by atoms with E-state index < -0.39 is 0 Å². The van der Waals surface area contributed by atoms with Gasteiger partial charge in [-0.2, -0.15) is 0 Å². The number of ether oxygens (including phenoxy) is 1. The highest BCUT2D eigenvalue weighted by Gasteiger charge is 2.48. The van der Waals surface area contributed by atoms with Gasteiger partial charge >= 0.3 is 5.97 Å². The first-order chi connectivity index (χ1) is 6.27. The largest absolute Gasteiger partial charge is 0.469 e. The fraction of sp³-hybridized carbons (Fsp3) is 0.600. The van der Waals surface area contributed by atoms with Gasteiger partial charge in [0.15, 0.2) is 0 Å². The number of hydrogen-bond acceptors (Lipinski definition) is 3. The molecule has 0 aromatic carbocycles. The summed E-state index contributed by atoms with van der Waals surface area (Å²) >= 11 is 0. The van der Waals surface area contributed by atoms with Crippen molar-refractivity contribution in [1.29, 1.82) is 0 Å². The Hall–Kier alpha value is -1.12. The minimum absolute atomic E-state index is 0.151. The number of allylic oxidation sites excluding steroid dienone is 2. The summed E-state index contributed by atoms with van der Waals surface area (Å²) < 4.78 is 4.69. The Morgan fingerprint density at radius 2 is 2.15 bits per heavy atom. The summed E-state index contributed by atoms with van der Waals surface area (Å²) in [6.07, 6.45) is 5.91. The third-order valence-electron chi connectivity index (χ3n) is 3.15. The van der Waals surface area contributed by atoms with Gasteiger partial charge in [-0.1, -0.05) is 12.2 Å². The van der Waals surface area contributed by atoms with E-state index in [4.69, 9.17) is 0 Å². The van der Waals surface area contributed by atoms with Crippen molar-refractivity contribution in [3.63, 3.8) is 0 Å². The van der Waals surface area contributed by atoms with Gasteiger partial charge in [0.1, 0.15) is 6.29 Å². The second kappa shape index (κ2) is 2.98. The van der Waals surface area contributed by atoms with Crippen LogP contribution in [0.5, 0.6) is 0 Å². The van der Waals surface area contributed by atoms with Gasteiger partial charge < -0.3 is 9.53 Å². The molecule has 3 nitrogen and oxygen atoms in total. The standard InChI is InChI=1S/C10H12O3/c1-13-10(12)9-7-3-2-6(4-7)8(9)5-11/h2-3,5-9H,4H2,1H3. The molecule has 2 bridgehead atoms. The van der Waals surface area contributed by atoms with Gasteiger partial charge in [-0.15, -0.1) is 0 Å². The molecule has 0 aliphatic heterocycles. The normalized spacial score (nSPS) is 40.7. The molecule has 0 saturated heterocycles. The van der Waals surface area contributed by atoms with E-state index in [1.807, 2.05) is 12.2 Å². The smallest absolute Gasteiger partial charge is 0.310 e. The molecular formula is C10H12O3. The predicted octanol–water partition coefficient (Wildman–Crippen LogP) is 0.797. The molecule has 0 heterocycles. The number of methoxy groups -OCH3 is 1. The van der Waals surface area contributed by atoms with Crippen molar-refractivity contribution >= 4 is 12.3 Å². The molecule has 2 rings (SSSR count). The zero-order valence-corrected chi connectivity index (χ0v) is 7.47. The number of carbonyl (C=O) groups excluding carboxylic acids is 2. The second-order valence-electron chi connectivity index (χ2n) is 3.71. The Bertz CT molecular complexity index is 269.